The lowest BCUT2D eigenvalue weighted by atomic mass is 9.79. The van der Waals surface area contributed by atoms with E-state index in [1.807, 2.05) is 7.05 Å². The summed E-state index contributed by atoms with van der Waals surface area (Å²) in [5, 5.41) is 2.99. The molecule has 1 fully saturated rings. The van der Waals surface area contributed by atoms with Crippen molar-refractivity contribution in [3.63, 3.8) is 0 Å². The van der Waals surface area contributed by atoms with Gasteiger partial charge in [0, 0.05) is 46.5 Å². The van der Waals surface area contributed by atoms with Gasteiger partial charge in [-0.2, -0.15) is 0 Å². The Morgan fingerprint density at radius 2 is 2.11 bits per heavy atom. The molecule has 0 saturated carbocycles. The number of methoxy groups -OCH3 is 1. The van der Waals surface area contributed by atoms with Gasteiger partial charge in [-0.1, -0.05) is 0 Å². The van der Waals surface area contributed by atoms with Gasteiger partial charge in [0.1, 0.15) is 0 Å². The molecule has 0 aromatic heterocycles. The van der Waals surface area contributed by atoms with Gasteiger partial charge in [0.15, 0.2) is 0 Å². The minimum Gasteiger partial charge on any atom is -0.383 e. The number of likely N-dealkylation sites (N-methyl/N-ethyl adjacent to an activating group) is 1. The molecule has 1 heterocycles. The number of carbonyl (C=O) groups excluding carboxylic acids is 1. The first kappa shape index (κ1) is 16.4. The predicted molar refractivity (Wildman–Crippen MR) is 73.9 cm³/mol. The van der Waals surface area contributed by atoms with E-state index >= 15 is 0 Å². The highest BCUT2D eigenvalue weighted by Gasteiger charge is 2.38. The first-order chi connectivity index (χ1) is 9.14. The van der Waals surface area contributed by atoms with Crippen LogP contribution >= 0.6 is 0 Å². The average Bonchev–Trinajstić information content (AvgIpc) is 2.45. The van der Waals surface area contributed by atoms with Gasteiger partial charge in [-0.15, -0.1) is 0 Å². The Kier molecular flexibility index (Phi) is 7.30. The summed E-state index contributed by atoms with van der Waals surface area (Å²) in [4.78, 5) is 14.4. The second-order valence-corrected chi connectivity index (χ2v) is 5.15. The van der Waals surface area contributed by atoms with Crippen LogP contribution in [0.1, 0.15) is 12.8 Å². The summed E-state index contributed by atoms with van der Waals surface area (Å²) in [6.45, 7) is 4.66. The van der Waals surface area contributed by atoms with E-state index < -0.39 is 5.41 Å². The van der Waals surface area contributed by atoms with Crippen molar-refractivity contribution in [2.75, 3.05) is 60.2 Å². The molecule has 19 heavy (non-hydrogen) atoms. The standard InChI is InChI=1S/C13H27N3O3/c1-16(7-10-18-2)6-5-15-12(17)13(11-14)3-8-19-9-4-13/h3-11,14H2,1-2H3,(H,15,17). The average molecular weight is 273 g/mol. The molecule has 0 aromatic carbocycles. The van der Waals surface area contributed by atoms with E-state index in [9.17, 15) is 4.79 Å². The zero-order valence-corrected chi connectivity index (χ0v) is 12.1. The van der Waals surface area contributed by atoms with E-state index in [2.05, 4.69) is 10.2 Å². The van der Waals surface area contributed by atoms with E-state index in [0.29, 0.717) is 32.9 Å². The summed E-state index contributed by atoms with van der Waals surface area (Å²) >= 11 is 0. The zero-order valence-electron chi connectivity index (χ0n) is 12.1. The van der Waals surface area contributed by atoms with Crippen molar-refractivity contribution in [1.29, 1.82) is 0 Å². The lowest BCUT2D eigenvalue weighted by molar-refractivity contribution is -0.135. The molecule has 1 amide bonds. The molecule has 1 aliphatic rings. The van der Waals surface area contributed by atoms with Crippen LogP contribution in [0.3, 0.4) is 0 Å². The fourth-order valence-electron chi connectivity index (χ4n) is 2.19. The van der Waals surface area contributed by atoms with E-state index in [1.165, 1.54) is 0 Å². The van der Waals surface area contributed by atoms with Gasteiger partial charge in [-0.05, 0) is 19.9 Å². The largest absolute Gasteiger partial charge is 0.383 e. The van der Waals surface area contributed by atoms with Crippen LogP contribution in [-0.4, -0.2) is 71.0 Å². The molecule has 0 bridgehead atoms. The van der Waals surface area contributed by atoms with Crippen molar-refractivity contribution < 1.29 is 14.3 Å². The maximum absolute atomic E-state index is 12.3. The van der Waals surface area contributed by atoms with Gasteiger partial charge in [0.25, 0.3) is 0 Å². The number of nitrogens with zero attached hydrogens (tertiary/aromatic N) is 1. The fourth-order valence-corrected chi connectivity index (χ4v) is 2.19. The third-order valence-corrected chi connectivity index (χ3v) is 3.78. The molecular formula is C13H27N3O3. The first-order valence-electron chi connectivity index (χ1n) is 6.88. The Hall–Kier alpha value is -0.690. The monoisotopic (exact) mass is 273 g/mol. The van der Waals surface area contributed by atoms with Crippen molar-refractivity contribution in [2.24, 2.45) is 11.1 Å². The molecule has 1 rings (SSSR count). The quantitative estimate of drug-likeness (QED) is 0.620. The molecule has 112 valence electrons. The van der Waals surface area contributed by atoms with E-state index in [0.717, 1.165) is 25.9 Å². The van der Waals surface area contributed by atoms with Gasteiger partial charge in [-0.3, -0.25) is 4.79 Å². The number of amides is 1. The summed E-state index contributed by atoms with van der Waals surface area (Å²) in [5.74, 6) is 0.0680. The maximum Gasteiger partial charge on any atom is 0.227 e. The summed E-state index contributed by atoms with van der Waals surface area (Å²) in [6, 6.07) is 0. The summed E-state index contributed by atoms with van der Waals surface area (Å²) < 4.78 is 10.3. The predicted octanol–water partition coefficient (Wildman–Crippen LogP) is -0.564. The Labute approximate surface area is 115 Å². The van der Waals surface area contributed by atoms with Crippen molar-refractivity contribution in [2.45, 2.75) is 12.8 Å². The number of ether oxygens (including phenoxy) is 2. The lowest BCUT2D eigenvalue weighted by Gasteiger charge is -2.34. The molecule has 6 heteroatoms. The summed E-state index contributed by atoms with van der Waals surface area (Å²) in [7, 11) is 3.70. The fraction of sp³-hybridized carbons (Fsp3) is 0.923. The Morgan fingerprint density at radius 1 is 1.42 bits per heavy atom. The van der Waals surface area contributed by atoms with E-state index in [1.54, 1.807) is 7.11 Å². The van der Waals surface area contributed by atoms with Crippen molar-refractivity contribution in [3.05, 3.63) is 0 Å². The number of carbonyl (C=O) groups is 1. The van der Waals surface area contributed by atoms with Crippen LogP contribution in [0.5, 0.6) is 0 Å². The Morgan fingerprint density at radius 3 is 2.68 bits per heavy atom. The highest BCUT2D eigenvalue weighted by molar-refractivity contribution is 5.83. The number of rotatable bonds is 8. The highest BCUT2D eigenvalue weighted by Crippen LogP contribution is 2.29. The molecule has 6 nitrogen and oxygen atoms in total. The van der Waals surface area contributed by atoms with E-state index in [-0.39, 0.29) is 5.91 Å². The number of nitrogens with one attached hydrogen (secondary N) is 1. The Bertz CT molecular complexity index is 268. The SMILES string of the molecule is COCCN(C)CCNC(=O)C1(CN)CCOCC1. The molecule has 3 N–H and O–H groups in total. The molecule has 1 aliphatic heterocycles. The second-order valence-electron chi connectivity index (χ2n) is 5.15. The summed E-state index contributed by atoms with van der Waals surface area (Å²) in [6.07, 6.45) is 1.43. The van der Waals surface area contributed by atoms with Crippen molar-refractivity contribution >= 4 is 5.91 Å². The van der Waals surface area contributed by atoms with Crippen LogP contribution in [0.4, 0.5) is 0 Å². The van der Waals surface area contributed by atoms with Crippen molar-refractivity contribution in [1.82, 2.24) is 10.2 Å². The minimum atomic E-state index is -0.427. The smallest absolute Gasteiger partial charge is 0.227 e. The zero-order chi connectivity index (χ0) is 14.1. The highest BCUT2D eigenvalue weighted by atomic mass is 16.5. The molecule has 1 saturated heterocycles. The molecular weight excluding hydrogens is 246 g/mol. The van der Waals surface area contributed by atoms with Crippen LogP contribution in [0.25, 0.3) is 0 Å². The van der Waals surface area contributed by atoms with Gasteiger partial charge < -0.3 is 25.4 Å². The minimum absolute atomic E-state index is 0.0680. The van der Waals surface area contributed by atoms with Crippen LogP contribution < -0.4 is 11.1 Å². The normalized spacial score (nSPS) is 18.5. The van der Waals surface area contributed by atoms with Gasteiger partial charge in [-0.25, -0.2) is 0 Å². The van der Waals surface area contributed by atoms with E-state index in [4.69, 9.17) is 15.2 Å². The molecule has 0 aromatic rings. The first-order valence-corrected chi connectivity index (χ1v) is 6.88. The third kappa shape index (κ3) is 5.06. The topological polar surface area (TPSA) is 76.8 Å². The van der Waals surface area contributed by atoms with Crippen LogP contribution in [0, 0.1) is 5.41 Å². The van der Waals surface area contributed by atoms with Crippen LogP contribution in [0.2, 0.25) is 0 Å². The van der Waals surface area contributed by atoms with Gasteiger partial charge in [0.05, 0.1) is 12.0 Å². The lowest BCUT2D eigenvalue weighted by Crippen LogP contribution is -2.50. The van der Waals surface area contributed by atoms with Gasteiger partial charge >= 0.3 is 0 Å². The molecule has 0 aliphatic carbocycles. The molecule has 0 unspecified atom stereocenters. The number of hydrogen-bond donors (Lipinski definition) is 2. The second kappa shape index (κ2) is 8.47. The molecule has 0 radical (unpaired) electrons. The van der Waals surface area contributed by atoms with Crippen LogP contribution in [0.15, 0.2) is 0 Å². The Balaban J connectivity index is 2.29. The van der Waals surface area contributed by atoms with Crippen molar-refractivity contribution in [3.8, 4) is 0 Å². The van der Waals surface area contributed by atoms with Gasteiger partial charge in [0.2, 0.25) is 5.91 Å². The maximum atomic E-state index is 12.3. The summed E-state index contributed by atoms with van der Waals surface area (Å²) in [5.41, 5.74) is 5.37. The third-order valence-electron chi connectivity index (χ3n) is 3.78. The number of nitrogens with two attached hydrogens (primary N) is 1. The molecule has 0 spiro atoms. The van der Waals surface area contributed by atoms with Crippen LogP contribution in [-0.2, 0) is 14.3 Å². The molecule has 0 atom stereocenters. The number of hydrogen-bond acceptors (Lipinski definition) is 5.